The normalized spacial score (nSPS) is 20.4. The minimum absolute atomic E-state index is 0.0600. The van der Waals surface area contributed by atoms with Gasteiger partial charge in [0.25, 0.3) is 5.91 Å². The van der Waals surface area contributed by atoms with Crippen LogP contribution in [0.25, 0.3) is 0 Å². The van der Waals surface area contributed by atoms with Crippen molar-refractivity contribution in [2.75, 3.05) is 18.7 Å². The first-order valence-electron chi connectivity index (χ1n) is 8.97. The molecule has 150 valence electrons. The molecule has 1 aromatic carbocycles. The van der Waals surface area contributed by atoms with Gasteiger partial charge in [0.15, 0.2) is 17.5 Å². The van der Waals surface area contributed by atoms with Gasteiger partial charge < -0.3 is 20.1 Å². The number of benzene rings is 1. The number of alkyl halides is 3. The van der Waals surface area contributed by atoms with Crippen LogP contribution < -0.4 is 20.1 Å². The molecule has 0 fully saturated rings. The average Bonchev–Trinajstić information content (AvgIpc) is 3.30. The molecule has 2 aliphatic rings. The molecule has 2 N–H and O–H groups in total. The Morgan fingerprint density at radius 2 is 2.14 bits per heavy atom. The molecule has 10 heteroatoms. The third-order valence-electron chi connectivity index (χ3n) is 4.82. The summed E-state index contributed by atoms with van der Waals surface area (Å²) in [5.41, 5.74) is 0.707. The van der Waals surface area contributed by atoms with E-state index in [4.69, 9.17) is 9.47 Å². The van der Waals surface area contributed by atoms with Crippen LogP contribution in [0.3, 0.4) is 0 Å². The van der Waals surface area contributed by atoms with Crippen molar-refractivity contribution in [2.24, 2.45) is 0 Å². The summed E-state index contributed by atoms with van der Waals surface area (Å²) < 4.78 is 52.6. The highest BCUT2D eigenvalue weighted by Crippen LogP contribution is 2.45. The number of carbonyl (C=O) groups excluding carboxylic acids is 1. The van der Waals surface area contributed by atoms with Crippen molar-refractivity contribution in [1.29, 1.82) is 0 Å². The van der Waals surface area contributed by atoms with E-state index in [2.05, 4.69) is 15.7 Å². The van der Waals surface area contributed by atoms with Gasteiger partial charge in [-0.2, -0.15) is 18.3 Å². The van der Waals surface area contributed by atoms with Crippen LogP contribution in [0.15, 0.2) is 24.4 Å². The fourth-order valence-corrected chi connectivity index (χ4v) is 3.41. The largest absolute Gasteiger partial charge is 0.454 e. The Hall–Kier alpha value is -2.91. The minimum Gasteiger partial charge on any atom is -0.454 e. The van der Waals surface area contributed by atoms with Crippen molar-refractivity contribution in [3.05, 3.63) is 35.5 Å². The van der Waals surface area contributed by atoms with E-state index >= 15 is 0 Å². The van der Waals surface area contributed by atoms with Crippen LogP contribution in [0.1, 0.15) is 47.8 Å². The predicted octanol–water partition coefficient (Wildman–Crippen LogP) is 3.41. The number of aromatic nitrogens is 2. The Labute approximate surface area is 158 Å². The summed E-state index contributed by atoms with van der Waals surface area (Å²) in [6, 6.07) is 2.52. The van der Waals surface area contributed by atoms with E-state index in [0.29, 0.717) is 30.0 Å². The third-order valence-corrected chi connectivity index (χ3v) is 4.82. The first kappa shape index (κ1) is 18.5. The smallest absolute Gasteiger partial charge is 0.410 e. The van der Waals surface area contributed by atoms with Crippen molar-refractivity contribution in [1.82, 2.24) is 15.1 Å². The summed E-state index contributed by atoms with van der Waals surface area (Å²) in [4.78, 5) is 12.4. The first-order valence-corrected chi connectivity index (χ1v) is 8.97. The number of hydrogen-bond acceptors (Lipinski definition) is 5. The Kier molecular flexibility index (Phi) is 4.56. The van der Waals surface area contributed by atoms with Gasteiger partial charge in [0.2, 0.25) is 6.79 Å². The number of nitrogens with one attached hydrogen (secondary N) is 2. The Morgan fingerprint density at radius 3 is 2.89 bits per heavy atom. The summed E-state index contributed by atoms with van der Waals surface area (Å²) >= 11 is 0. The molecule has 0 spiro atoms. The van der Waals surface area contributed by atoms with Gasteiger partial charge in [-0.15, -0.1) is 0 Å². The number of hydrogen-bond donors (Lipinski definition) is 2. The van der Waals surface area contributed by atoms with Crippen molar-refractivity contribution < 1.29 is 27.4 Å². The molecule has 2 aliphatic heterocycles. The molecule has 2 atom stereocenters. The number of fused-ring (bicyclic) bond motifs is 2. The van der Waals surface area contributed by atoms with Gasteiger partial charge in [-0.1, -0.05) is 13.0 Å². The van der Waals surface area contributed by atoms with Crippen molar-refractivity contribution >= 4 is 11.7 Å². The molecule has 4 rings (SSSR count). The Morgan fingerprint density at radius 1 is 1.36 bits per heavy atom. The Bertz CT molecular complexity index is 897. The zero-order valence-corrected chi connectivity index (χ0v) is 15.0. The fraction of sp³-hybridized carbons (Fsp3) is 0.444. The maximum atomic E-state index is 13.7. The second kappa shape index (κ2) is 6.92. The molecule has 0 saturated carbocycles. The van der Waals surface area contributed by atoms with Crippen molar-refractivity contribution in [2.45, 2.75) is 38.0 Å². The highest BCUT2D eigenvalue weighted by Gasteiger charge is 2.47. The van der Waals surface area contributed by atoms with Crippen LogP contribution >= 0.6 is 0 Å². The number of ether oxygens (including phenoxy) is 2. The number of rotatable bonds is 4. The highest BCUT2D eigenvalue weighted by atomic mass is 19.4. The molecule has 1 amide bonds. The van der Waals surface area contributed by atoms with Gasteiger partial charge in [-0.05, 0) is 24.1 Å². The van der Waals surface area contributed by atoms with Crippen LogP contribution in [0, 0.1) is 0 Å². The van der Waals surface area contributed by atoms with Crippen LogP contribution in [-0.4, -0.2) is 35.2 Å². The number of amides is 1. The topological polar surface area (TPSA) is 77.4 Å². The van der Waals surface area contributed by atoms with Gasteiger partial charge in [0.05, 0.1) is 12.2 Å². The van der Waals surface area contributed by atoms with E-state index in [-0.39, 0.29) is 24.6 Å². The van der Waals surface area contributed by atoms with Crippen LogP contribution in [0.5, 0.6) is 11.5 Å². The lowest BCUT2D eigenvalue weighted by molar-refractivity contribution is -0.173. The van der Waals surface area contributed by atoms with E-state index in [1.54, 1.807) is 18.2 Å². The molecule has 2 unspecified atom stereocenters. The molecule has 3 heterocycles. The van der Waals surface area contributed by atoms with Crippen LogP contribution in [0.2, 0.25) is 0 Å². The highest BCUT2D eigenvalue weighted by molar-refractivity contribution is 5.98. The quantitative estimate of drug-likeness (QED) is 0.828. The number of carbonyl (C=O) groups is 1. The maximum Gasteiger partial charge on any atom is 0.410 e. The summed E-state index contributed by atoms with van der Waals surface area (Å²) in [5, 5.41) is 9.58. The van der Waals surface area contributed by atoms with Crippen LogP contribution in [-0.2, 0) is 0 Å². The Balaban J connectivity index is 1.70. The predicted molar refractivity (Wildman–Crippen MR) is 93.5 cm³/mol. The standard InChI is InChI=1S/C18H19F3N4O3/c1-2-5-22-17(26)11-8-23-25-15(18(19,20)21)7-12(24-16(11)25)10-3-4-13-14(6-10)28-9-27-13/h3-4,6,8,12,15,24H,2,5,7,9H2,1H3,(H,22,26). The molecule has 2 aromatic rings. The second-order valence-electron chi connectivity index (χ2n) is 6.71. The number of anilines is 1. The summed E-state index contributed by atoms with van der Waals surface area (Å²) in [6.45, 7) is 2.40. The lowest BCUT2D eigenvalue weighted by Crippen LogP contribution is -2.36. The van der Waals surface area contributed by atoms with Crippen LogP contribution in [0.4, 0.5) is 19.0 Å². The molecule has 7 nitrogen and oxygen atoms in total. The molecular weight excluding hydrogens is 377 g/mol. The zero-order chi connectivity index (χ0) is 19.9. The SMILES string of the molecule is CCCNC(=O)c1cnn2c1NC(c1ccc3c(c1)OCO3)CC2C(F)(F)F. The third kappa shape index (κ3) is 3.23. The van der Waals surface area contributed by atoms with E-state index in [1.807, 2.05) is 6.92 Å². The van der Waals surface area contributed by atoms with Gasteiger partial charge >= 0.3 is 6.18 Å². The minimum atomic E-state index is -4.51. The van der Waals surface area contributed by atoms with E-state index in [9.17, 15) is 18.0 Å². The summed E-state index contributed by atoms with van der Waals surface area (Å²) in [6.07, 6.45) is -2.87. The average molecular weight is 396 g/mol. The molecule has 1 aromatic heterocycles. The van der Waals surface area contributed by atoms with Crippen molar-refractivity contribution in [3.63, 3.8) is 0 Å². The molecule has 0 saturated heterocycles. The summed E-state index contributed by atoms with van der Waals surface area (Å²) in [7, 11) is 0. The molecule has 28 heavy (non-hydrogen) atoms. The molecular formula is C18H19F3N4O3. The van der Waals surface area contributed by atoms with E-state index in [0.717, 1.165) is 4.68 Å². The second-order valence-corrected chi connectivity index (χ2v) is 6.71. The lowest BCUT2D eigenvalue weighted by Gasteiger charge is -2.34. The van der Waals surface area contributed by atoms with Gasteiger partial charge in [0, 0.05) is 13.0 Å². The first-order chi connectivity index (χ1) is 13.4. The molecule has 0 radical (unpaired) electrons. The zero-order valence-electron chi connectivity index (χ0n) is 15.0. The maximum absolute atomic E-state index is 13.7. The molecule has 0 aliphatic carbocycles. The van der Waals surface area contributed by atoms with E-state index in [1.165, 1.54) is 6.20 Å². The lowest BCUT2D eigenvalue weighted by atomic mass is 9.96. The van der Waals surface area contributed by atoms with Gasteiger partial charge in [0.1, 0.15) is 11.4 Å². The van der Waals surface area contributed by atoms with Crippen molar-refractivity contribution in [3.8, 4) is 11.5 Å². The summed E-state index contributed by atoms with van der Waals surface area (Å²) in [5.74, 6) is 0.646. The monoisotopic (exact) mass is 396 g/mol. The molecule has 0 bridgehead atoms. The van der Waals surface area contributed by atoms with Gasteiger partial charge in [-0.3, -0.25) is 4.79 Å². The fourth-order valence-electron chi connectivity index (χ4n) is 3.41. The van der Waals surface area contributed by atoms with Gasteiger partial charge in [-0.25, -0.2) is 4.68 Å². The van der Waals surface area contributed by atoms with E-state index < -0.39 is 24.2 Å². The number of nitrogens with zero attached hydrogens (tertiary/aromatic N) is 2. The number of halogens is 3.